The fraction of sp³-hybridized carbons (Fsp3) is 0.819. The van der Waals surface area contributed by atoms with Crippen LogP contribution in [0.4, 0.5) is 0 Å². The smallest absolute Gasteiger partial charge is 0.220 e. The molecule has 1 rings (SSSR count). The number of aliphatic hydroxyl groups is 5. The van der Waals surface area contributed by atoms with Crippen molar-refractivity contribution in [2.45, 2.75) is 423 Å². The summed E-state index contributed by atoms with van der Waals surface area (Å²) < 4.78 is 11.3. The van der Waals surface area contributed by atoms with Crippen LogP contribution < -0.4 is 5.32 Å². The van der Waals surface area contributed by atoms with Gasteiger partial charge in [0.2, 0.25) is 5.91 Å². The summed E-state index contributed by atoms with van der Waals surface area (Å²) in [6, 6.07) is -0.808. The largest absolute Gasteiger partial charge is 0.394 e. The number of aliphatic hydroxyl groups excluding tert-OH is 5. The average molecular weight is 1290 g/mol. The minimum Gasteiger partial charge on any atom is -0.394 e. The van der Waals surface area contributed by atoms with E-state index >= 15 is 0 Å². The van der Waals surface area contributed by atoms with Crippen LogP contribution in [0, 0.1) is 0 Å². The van der Waals surface area contributed by atoms with Crippen molar-refractivity contribution < 1.29 is 39.8 Å². The van der Waals surface area contributed by atoms with E-state index in [2.05, 4.69) is 92.1 Å². The molecular formula is C83H151NO8. The van der Waals surface area contributed by atoms with Crippen LogP contribution in [0.15, 0.2) is 85.1 Å². The van der Waals surface area contributed by atoms with E-state index in [0.29, 0.717) is 6.42 Å². The summed E-state index contributed by atoms with van der Waals surface area (Å²) in [5, 5.41) is 54.9. The zero-order valence-electron chi connectivity index (χ0n) is 60.3. The Morgan fingerprint density at radius 1 is 0.380 bits per heavy atom. The molecule has 0 aromatic carbocycles. The number of rotatable bonds is 70. The molecule has 0 spiro atoms. The van der Waals surface area contributed by atoms with Gasteiger partial charge >= 0.3 is 0 Å². The predicted molar refractivity (Wildman–Crippen MR) is 396 cm³/mol. The highest BCUT2D eigenvalue weighted by Crippen LogP contribution is 2.24. The molecule has 0 aliphatic carbocycles. The Bertz CT molecular complexity index is 1740. The summed E-state index contributed by atoms with van der Waals surface area (Å²) in [5.74, 6) is -0.170. The number of carbonyl (C=O) groups excluding carboxylic acids is 1. The summed E-state index contributed by atoms with van der Waals surface area (Å²) in [6.07, 6.45) is 95.8. The van der Waals surface area contributed by atoms with Crippen LogP contribution in [-0.2, 0) is 14.3 Å². The highest BCUT2D eigenvalue weighted by molar-refractivity contribution is 5.76. The number of hydrogen-bond acceptors (Lipinski definition) is 8. The number of carbonyl (C=O) groups is 1. The summed E-state index contributed by atoms with van der Waals surface area (Å²) in [4.78, 5) is 13.2. The molecule has 7 atom stereocenters. The molecule has 92 heavy (non-hydrogen) atoms. The van der Waals surface area contributed by atoms with E-state index in [1.54, 1.807) is 6.08 Å². The molecule has 6 N–H and O–H groups in total. The third-order valence-corrected chi connectivity index (χ3v) is 18.7. The molecule has 1 heterocycles. The van der Waals surface area contributed by atoms with Crippen molar-refractivity contribution >= 4 is 5.91 Å². The molecule has 1 saturated heterocycles. The topological polar surface area (TPSA) is 149 Å². The van der Waals surface area contributed by atoms with Crippen molar-refractivity contribution in [1.82, 2.24) is 5.32 Å². The van der Waals surface area contributed by atoms with Crippen LogP contribution in [0.2, 0.25) is 0 Å². The van der Waals surface area contributed by atoms with Gasteiger partial charge in [-0.1, -0.05) is 388 Å². The van der Waals surface area contributed by atoms with E-state index < -0.39 is 49.5 Å². The van der Waals surface area contributed by atoms with Gasteiger partial charge in [0.1, 0.15) is 24.4 Å². The van der Waals surface area contributed by atoms with Gasteiger partial charge in [0.25, 0.3) is 0 Å². The Morgan fingerprint density at radius 2 is 0.674 bits per heavy atom. The molecule has 0 aromatic heterocycles. The van der Waals surface area contributed by atoms with Gasteiger partial charge in [0.15, 0.2) is 6.29 Å². The maximum absolute atomic E-state index is 13.2. The molecule has 9 nitrogen and oxygen atoms in total. The molecule has 1 aliphatic rings. The maximum atomic E-state index is 13.2. The van der Waals surface area contributed by atoms with Crippen LogP contribution in [0.1, 0.15) is 380 Å². The lowest BCUT2D eigenvalue weighted by atomic mass is 9.99. The minimum absolute atomic E-state index is 0.170. The van der Waals surface area contributed by atoms with E-state index in [4.69, 9.17) is 9.47 Å². The third kappa shape index (κ3) is 58.7. The van der Waals surface area contributed by atoms with Crippen LogP contribution in [0.5, 0.6) is 0 Å². The molecule has 1 aliphatic heterocycles. The van der Waals surface area contributed by atoms with Crippen LogP contribution in [0.25, 0.3) is 0 Å². The van der Waals surface area contributed by atoms with Gasteiger partial charge in [0, 0.05) is 6.42 Å². The van der Waals surface area contributed by atoms with Crippen molar-refractivity contribution in [3.8, 4) is 0 Å². The second-order valence-electron chi connectivity index (χ2n) is 27.5. The fourth-order valence-corrected chi connectivity index (χ4v) is 12.6. The van der Waals surface area contributed by atoms with Gasteiger partial charge in [-0.2, -0.15) is 0 Å². The Labute approximate surface area is 569 Å². The van der Waals surface area contributed by atoms with E-state index in [1.807, 2.05) is 6.08 Å². The first-order valence-electron chi connectivity index (χ1n) is 39.8. The number of amides is 1. The van der Waals surface area contributed by atoms with Gasteiger partial charge in [0.05, 0.1) is 25.4 Å². The number of allylic oxidation sites excluding steroid dienone is 13. The summed E-state index contributed by atoms with van der Waals surface area (Å²) in [6.45, 7) is 3.72. The SMILES string of the molecule is CC/C=C\C/C=C\C/C=C\C/C=C\C/C=C\C/C=C\CCCCCCCCCCCCCCCCCCCCCCCCC(=O)NC(COC1OC(CO)C(O)C(O)C1O)C(O)/C=C/CCCCCCCCCCCCCCCCCCCCCCCCCCCC. The first-order valence-corrected chi connectivity index (χ1v) is 39.8. The molecule has 0 radical (unpaired) electrons. The molecule has 9 heteroatoms. The minimum atomic E-state index is -1.57. The molecule has 1 amide bonds. The normalized spacial score (nSPS) is 18.1. The van der Waals surface area contributed by atoms with Crippen molar-refractivity contribution in [2.24, 2.45) is 0 Å². The Kier molecular flexibility index (Phi) is 67.6. The van der Waals surface area contributed by atoms with E-state index in [-0.39, 0.29) is 12.5 Å². The highest BCUT2D eigenvalue weighted by atomic mass is 16.7. The monoisotopic (exact) mass is 1290 g/mol. The van der Waals surface area contributed by atoms with Gasteiger partial charge in [-0.15, -0.1) is 0 Å². The average Bonchev–Trinajstić information content (AvgIpc) is 1.00. The lowest BCUT2D eigenvalue weighted by Gasteiger charge is -2.40. The number of hydrogen-bond donors (Lipinski definition) is 6. The Balaban J connectivity index is 2.06. The summed E-state index contributed by atoms with van der Waals surface area (Å²) >= 11 is 0. The first-order chi connectivity index (χ1) is 45.3. The summed E-state index contributed by atoms with van der Waals surface area (Å²) in [5.41, 5.74) is 0. The van der Waals surface area contributed by atoms with E-state index in [9.17, 15) is 30.3 Å². The zero-order chi connectivity index (χ0) is 66.4. The highest BCUT2D eigenvalue weighted by Gasteiger charge is 2.44. The van der Waals surface area contributed by atoms with E-state index in [0.717, 1.165) is 77.0 Å². The van der Waals surface area contributed by atoms with Crippen molar-refractivity contribution in [3.05, 3.63) is 85.1 Å². The number of ether oxygens (including phenoxy) is 2. The van der Waals surface area contributed by atoms with Crippen LogP contribution in [-0.4, -0.2) is 87.5 Å². The summed E-state index contributed by atoms with van der Waals surface area (Å²) in [7, 11) is 0. The van der Waals surface area contributed by atoms with Gasteiger partial charge in [-0.05, 0) is 70.6 Å². The molecule has 1 fully saturated rings. The van der Waals surface area contributed by atoms with E-state index in [1.165, 1.54) is 283 Å². The molecule has 0 bridgehead atoms. The second-order valence-corrected chi connectivity index (χ2v) is 27.5. The zero-order valence-corrected chi connectivity index (χ0v) is 60.3. The Morgan fingerprint density at radius 3 is 1.00 bits per heavy atom. The lowest BCUT2D eigenvalue weighted by molar-refractivity contribution is -0.302. The third-order valence-electron chi connectivity index (χ3n) is 18.7. The van der Waals surface area contributed by atoms with Crippen molar-refractivity contribution in [2.75, 3.05) is 13.2 Å². The molecule has 536 valence electrons. The fourth-order valence-electron chi connectivity index (χ4n) is 12.6. The molecule has 7 unspecified atom stereocenters. The second kappa shape index (κ2) is 71.2. The molecule has 0 aromatic rings. The van der Waals surface area contributed by atoms with Crippen molar-refractivity contribution in [1.29, 1.82) is 0 Å². The molecule has 0 saturated carbocycles. The van der Waals surface area contributed by atoms with Crippen LogP contribution in [0.3, 0.4) is 0 Å². The number of nitrogens with one attached hydrogen (secondary N) is 1. The quantitative estimate of drug-likeness (QED) is 0.0261. The Hall–Kier alpha value is -2.63. The van der Waals surface area contributed by atoms with Gasteiger partial charge in [-0.25, -0.2) is 0 Å². The maximum Gasteiger partial charge on any atom is 0.220 e. The lowest BCUT2D eigenvalue weighted by Crippen LogP contribution is -2.60. The van der Waals surface area contributed by atoms with Gasteiger partial charge < -0.3 is 40.3 Å². The van der Waals surface area contributed by atoms with Gasteiger partial charge in [-0.3, -0.25) is 4.79 Å². The molecular weight excluding hydrogens is 1140 g/mol. The first kappa shape index (κ1) is 87.4. The predicted octanol–water partition coefficient (Wildman–Crippen LogP) is 22.8. The van der Waals surface area contributed by atoms with Crippen LogP contribution >= 0.6 is 0 Å². The van der Waals surface area contributed by atoms with Crippen molar-refractivity contribution in [3.63, 3.8) is 0 Å². The standard InChI is InChI=1S/C83H151NO8/c1-3-5-7-9-11-13-15-17-19-21-23-25-27-29-31-33-34-35-36-37-38-39-40-41-42-43-44-45-47-49-51-53-55-57-59-61-63-65-67-69-71-73-79(87)84-76(75-91-83-82(90)81(89)80(88)78(74-85)92-83)77(86)72-70-68-66-64-62-60-58-56-54-52-50-48-46-32-30-28-26-24-22-20-18-16-14-12-10-8-6-4-2/h5,7,11,13,17,19,23,25,29,31,34-35,70,72,76-78,80-83,85-86,88-90H,3-4,6,8-10,12,14-16,18,20-22,24,26-28,30,32-33,36-69,71,73-75H2,1-2H3,(H,84,87)/b7-5-,13-11-,19-17-,25-23-,31-29-,35-34-,72-70+. The number of unbranched alkanes of at least 4 members (excludes halogenated alkanes) is 48.